The minimum atomic E-state index is -0.198. The molecule has 0 unspecified atom stereocenters. The first-order valence-corrected chi connectivity index (χ1v) is 12.4. The molecule has 4 aromatic rings. The van der Waals surface area contributed by atoms with Gasteiger partial charge in [0.1, 0.15) is 11.6 Å². The summed E-state index contributed by atoms with van der Waals surface area (Å²) in [6.45, 7) is 6.13. The number of fused-ring (bicyclic) bond motifs is 1. The quantitative estimate of drug-likeness (QED) is 0.408. The van der Waals surface area contributed by atoms with Gasteiger partial charge in [0, 0.05) is 49.2 Å². The topological polar surface area (TPSA) is 109 Å². The van der Waals surface area contributed by atoms with Gasteiger partial charge >= 0.3 is 0 Å². The van der Waals surface area contributed by atoms with Gasteiger partial charge in [0.05, 0.1) is 22.8 Å². The third-order valence-electron chi connectivity index (χ3n) is 6.75. The van der Waals surface area contributed by atoms with Gasteiger partial charge < -0.3 is 14.7 Å². The molecule has 0 saturated carbocycles. The van der Waals surface area contributed by atoms with Crippen LogP contribution in [0.3, 0.4) is 0 Å². The molecule has 0 spiro atoms. The van der Waals surface area contributed by atoms with E-state index in [4.69, 9.17) is 21.1 Å². The average molecular weight is 514 g/mol. The molecule has 0 aliphatic carbocycles. The Bertz CT molecular complexity index is 1590. The first kappa shape index (κ1) is 23.3. The van der Waals surface area contributed by atoms with Gasteiger partial charge in [0.2, 0.25) is 5.82 Å². The zero-order valence-electron chi connectivity index (χ0n) is 20.5. The number of anilines is 1. The molecule has 0 bridgehead atoms. The van der Waals surface area contributed by atoms with Gasteiger partial charge in [-0.1, -0.05) is 22.8 Å². The van der Waals surface area contributed by atoms with E-state index in [1.165, 1.54) is 5.57 Å². The Morgan fingerprint density at radius 3 is 2.89 bits per heavy atom. The SMILES string of the molecule is Cc1noc(C)c1-c1ccc2nc(C(=O)N3CCC4=C(C=NC4)C3)nc(NCc3cncc(Cl)c3)c2c1. The highest BCUT2D eigenvalue weighted by molar-refractivity contribution is 6.30. The lowest BCUT2D eigenvalue weighted by atomic mass is 10.0. The Balaban J connectivity index is 1.39. The lowest BCUT2D eigenvalue weighted by Gasteiger charge is -2.27. The van der Waals surface area contributed by atoms with Crippen LogP contribution in [0, 0.1) is 13.8 Å². The van der Waals surface area contributed by atoms with Crippen LogP contribution < -0.4 is 5.32 Å². The van der Waals surface area contributed by atoms with Crippen molar-refractivity contribution in [3.05, 3.63) is 75.7 Å². The fourth-order valence-electron chi connectivity index (χ4n) is 4.87. The molecule has 1 amide bonds. The normalized spacial score (nSPS) is 14.9. The molecular formula is C27H24ClN7O2. The number of amides is 1. The zero-order valence-corrected chi connectivity index (χ0v) is 21.2. The van der Waals surface area contributed by atoms with Gasteiger partial charge in [-0.15, -0.1) is 0 Å². The maximum atomic E-state index is 13.5. The highest BCUT2D eigenvalue weighted by atomic mass is 35.5. The number of benzene rings is 1. The van der Waals surface area contributed by atoms with Crippen molar-refractivity contribution < 1.29 is 9.32 Å². The molecule has 2 aliphatic rings. The van der Waals surface area contributed by atoms with Crippen molar-refractivity contribution in [2.24, 2.45) is 4.99 Å². The van der Waals surface area contributed by atoms with Gasteiger partial charge in [-0.2, -0.15) is 0 Å². The molecule has 1 aromatic carbocycles. The summed E-state index contributed by atoms with van der Waals surface area (Å²) in [5.74, 6) is 1.25. The molecule has 2 aliphatic heterocycles. The van der Waals surface area contributed by atoms with E-state index in [2.05, 4.69) is 25.4 Å². The fourth-order valence-corrected chi connectivity index (χ4v) is 5.06. The lowest BCUT2D eigenvalue weighted by molar-refractivity contribution is 0.0755. The fraction of sp³-hybridized carbons (Fsp3) is 0.259. The van der Waals surface area contributed by atoms with E-state index < -0.39 is 0 Å². The number of aryl methyl sites for hydroxylation is 2. The molecule has 0 fully saturated rings. The molecule has 0 atom stereocenters. The molecule has 10 heteroatoms. The monoisotopic (exact) mass is 513 g/mol. The second-order valence-electron chi connectivity index (χ2n) is 9.27. The molecule has 9 nitrogen and oxygen atoms in total. The Morgan fingerprint density at radius 1 is 1.19 bits per heavy atom. The summed E-state index contributed by atoms with van der Waals surface area (Å²) in [5, 5.41) is 8.81. The molecule has 0 radical (unpaired) electrons. The Labute approximate surface area is 218 Å². The van der Waals surface area contributed by atoms with Crippen LogP contribution in [0.1, 0.15) is 34.1 Å². The lowest BCUT2D eigenvalue weighted by Crippen LogP contribution is -2.38. The van der Waals surface area contributed by atoms with Crippen LogP contribution in [-0.2, 0) is 6.54 Å². The van der Waals surface area contributed by atoms with Crippen LogP contribution in [0.4, 0.5) is 5.82 Å². The first-order chi connectivity index (χ1) is 18.0. The van der Waals surface area contributed by atoms with Crippen LogP contribution in [0.5, 0.6) is 0 Å². The van der Waals surface area contributed by atoms with Gasteiger partial charge in [-0.3, -0.25) is 14.8 Å². The summed E-state index contributed by atoms with van der Waals surface area (Å²) >= 11 is 6.13. The second-order valence-corrected chi connectivity index (χ2v) is 9.70. The predicted molar refractivity (Wildman–Crippen MR) is 142 cm³/mol. The molecule has 0 saturated heterocycles. The maximum Gasteiger partial charge on any atom is 0.292 e. The number of aromatic nitrogens is 4. The second kappa shape index (κ2) is 9.40. The largest absolute Gasteiger partial charge is 0.365 e. The highest BCUT2D eigenvalue weighted by Crippen LogP contribution is 2.32. The molecule has 5 heterocycles. The number of carbonyl (C=O) groups is 1. The number of halogens is 1. The smallest absolute Gasteiger partial charge is 0.292 e. The molecule has 37 heavy (non-hydrogen) atoms. The Kier molecular flexibility index (Phi) is 5.92. The van der Waals surface area contributed by atoms with Crippen LogP contribution in [0.25, 0.3) is 22.0 Å². The molecule has 1 N–H and O–H groups in total. The minimum absolute atomic E-state index is 0.156. The average Bonchev–Trinajstić information content (AvgIpc) is 3.51. The number of pyridine rings is 1. The summed E-state index contributed by atoms with van der Waals surface area (Å²) in [7, 11) is 0. The van der Waals surface area contributed by atoms with E-state index in [0.717, 1.165) is 52.1 Å². The van der Waals surface area contributed by atoms with Crippen molar-refractivity contribution >= 4 is 40.4 Å². The summed E-state index contributed by atoms with van der Waals surface area (Å²) < 4.78 is 5.38. The number of hydrogen-bond acceptors (Lipinski definition) is 8. The van der Waals surface area contributed by atoms with Gasteiger partial charge in [0.15, 0.2) is 0 Å². The van der Waals surface area contributed by atoms with Crippen molar-refractivity contribution in [3.63, 3.8) is 0 Å². The van der Waals surface area contributed by atoms with E-state index >= 15 is 0 Å². The van der Waals surface area contributed by atoms with E-state index in [0.29, 0.717) is 36.0 Å². The van der Waals surface area contributed by atoms with E-state index in [-0.39, 0.29) is 11.7 Å². The third-order valence-corrected chi connectivity index (χ3v) is 6.95. The summed E-state index contributed by atoms with van der Waals surface area (Å²) in [4.78, 5) is 33.2. The van der Waals surface area contributed by atoms with Crippen LogP contribution >= 0.6 is 11.6 Å². The van der Waals surface area contributed by atoms with Crippen molar-refractivity contribution in [1.82, 2.24) is 25.0 Å². The third kappa shape index (κ3) is 4.46. The summed E-state index contributed by atoms with van der Waals surface area (Å²) in [6, 6.07) is 7.71. The number of carbonyl (C=O) groups excluding carboxylic acids is 1. The van der Waals surface area contributed by atoms with Crippen molar-refractivity contribution in [3.8, 4) is 11.1 Å². The van der Waals surface area contributed by atoms with Gasteiger partial charge in [-0.25, -0.2) is 9.97 Å². The van der Waals surface area contributed by atoms with Crippen LogP contribution in [-0.4, -0.2) is 56.8 Å². The zero-order chi connectivity index (χ0) is 25.5. The van der Waals surface area contributed by atoms with Crippen LogP contribution in [0.15, 0.2) is 57.3 Å². The highest BCUT2D eigenvalue weighted by Gasteiger charge is 2.27. The number of hydrogen-bond donors (Lipinski definition) is 1. The Morgan fingerprint density at radius 2 is 2.08 bits per heavy atom. The molecule has 186 valence electrons. The first-order valence-electron chi connectivity index (χ1n) is 12.0. The van der Waals surface area contributed by atoms with Crippen molar-refractivity contribution in [2.45, 2.75) is 26.8 Å². The van der Waals surface area contributed by atoms with Gasteiger partial charge in [0.25, 0.3) is 5.91 Å². The number of aliphatic imine (C=N–C) groups is 1. The number of nitrogens with one attached hydrogen (secondary N) is 1. The maximum absolute atomic E-state index is 13.5. The standard InChI is InChI=1S/C27H24ClN7O2/c1-15-24(16(2)37-34-15)18-3-4-23-22(8-18)25(31-10-17-7-21(28)13-29-9-17)33-26(32-23)27(36)35-6-5-19-11-30-12-20(19)14-35/h3-4,7-9,12-13H,5-6,10-11,14H2,1-2H3,(H,31,32,33). The minimum Gasteiger partial charge on any atom is -0.365 e. The molecular weight excluding hydrogens is 490 g/mol. The van der Waals surface area contributed by atoms with Crippen molar-refractivity contribution in [1.29, 1.82) is 0 Å². The summed E-state index contributed by atoms with van der Waals surface area (Å²) in [5.41, 5.74) is 6.67. The van der Waals surface area contributed by atoms with Gasteiger partial charge in [-0.05, 0) is 60.7 Å². The number of rotatable bonds is 5. The predicted octanol–water partition coefficient (Wildman–Crippen LogP) is 4.79. The van der Waals surface area contributed by atoms with E-state index in [1.54, 1.807) is 17.3 Å². The van der Waals surface area contributed by atoms with E-state index in [1.807, 2.05) is 44.3 Å². The molecule has 3 aromatic heterocycles. The number of nitrogens with zero attached hydrogens (tertiary/aromatic N) is 6. The van der Waals surface area contributed by atoms with E-state index in [9.17, 15) is 4.79 Å². The summed E-state index contributed by atoms with van der Waals surface area (Å²) in [6.07, 6.45) is 6.03. The van der Waals surface area contributed by atoms with Crippen molar-refractivity contribution in [2.75, 3.05) is 25.0 Å². The Hall–Kier alpha value is -4.11. The molecule has 6 rings (SSSR count). The van der Waals surface area contributed by atoms with Crippen LogP contribution in [0.2, 0.25) is 5.02 Å².